The molecule has 0 aromatic heterocycles. The lowest BCUT2D eigenvalue weighted by Gasteiger charge is -2.41. The number of carbonyl (C=O) groups is 1. The highest BCUT2D eigenvalue weighted by molar-refractivity contribution is 7.47. The first kappa shape index (κ1) is 51.8. The average molecular weight is 813 g/mol. The first-order chi connectivity index (χ1) is 27.0. The highest BCUT2D eigenvalue weighted by Crippen LogP contribution is 2.47. The van der Waals surface area contributed by atoms with Gasteiger partial charge in [-0.2, -0.15) is 0 Å². The van der Waals surface area contributed by atoms with Gasteiger partial charge in [0.2, 0.25) is 0 Å². The molecule has 1 fully saturated rings. The molecule has 0 aromatic rings. The maximum absolute atomic E-state index is 12.8. The Morgan fingerprint density at radius 1 is 0.589 bits per heavy atom. The van der Waals surface area contributed by atoms with Crippen LogP contribution in [0.2, 0.25) is 0 Å². The third kappa shape index (κ3) is 25.9. The van der Waals surface area contributed by atoms with Crippen LogP contribution in [0.5, 0.6) is 0 Å². The van der Waals surface area contributed by atoms with Gasteiger partial charge in [-0.3, -0.25) is 13.8 Å². The van der Waals surface area contributed by atoms with Gasteiger partial charge < -0.3 is 39.9 Å². The van der Waals surface area contributed by atoms with Gasteiger partial charge in [0.25, 0.3) is 0 Å². The van der Waals surface area contributed by atoms with E-state index in [0.29, 0.717) is 19.4 Å². The summed E-state index contributed by atoms with van der Waals surface area (Å²) in [6.07, 6.45) is 29.8. The van der Waals surface area contributed by atoms with Crippen LogP contribution in [0.25, 0.3) is 0 Å². The van der Waals surface area contributed by atoms with Crippen molar-refractivity contribution in [3.05, 3.63) is 72.9 Å². The van der Waals surface area contributed by atoms with Gasteiger partial charge in [-0.25, -0.2) is 4.57 Å². The van der Waals surface area contributed by atoms with E-state index in [1.54, 1.807) is 0 Å². The fourth-order valence-electron chi connectivity index (χ4n) is 5.72. The molecule has 0 saturated heterocycles. The lowest BCUT2D eigenvalue weighted by molar-refractivity contribution is -0.220. The normalized spacial score (nSPS) is 23.8. The van der Waals surface area contributed by atoms with Crippen molar-refractivity contribution in [3.63, 3.8) is 0 Å². The molecule has 1 saturated carbocycles. The van der Waals surface area contributed by atoms with Crippen molar-refractivity contribution >= 4 is 13.8 Å². The molecule has 0 aliphatic heterocycles. The number of aliphatic hydroxyl groups excluding tert-OH is 5. The number of rotatable bonds is 33. The summed E-state index contributed by atoms with van der Waals surface area (Å²) >= 11 is 0. The van der Waals surface area contributed by atoms with Crippen LogP contribution in [-0.2, 0) is 27.9 Å². The van der Waals surface area contributed by atoms with Crippen molar-refractivity contribution < 1.29 is 58.3 Å². The van der Waals surface area contributed by atoms with Gasteiger partial charge in [-0.05, 0) is 70.6 Å². The van der Waals surface area contributed by atoms with E-state index in [4.69, 9.17) is 18.5 Å². The van der Waals surface area contributed by atoms with Gasteiger partial charge in [0, 0.05) is 13.0 Å². The van der Waals surface area contributed by atoms with E-state index in [0.717, 1.165) is 70.6 Å². The molecule has 0 heterocycles. The van der Waals surface area contributed by atoms with Gasteiger partial charge >= 0.3 is 13.8 Å². The maximum Gasteiger partial charge on any atom is 0.472 e. The van der Waals surface area contributed by atoms with E-state index in [1.165, 1.54) is 25.7 Å². The van der Waals surface area contributed by atoms with Gasteiger partial charge in [0.1, 0.15) is 42.7 Å². The quantitative estimate of drug-likeness (QED) is 0.0165. The summed E-state index contributed by atoms with van der Waals surface area (Å²) in [5.41, 5.74) is 0. The van der Waals surface area contributed by atoms with Crippen molar-refractivity contribution in [1.29, 1.82) is 0 Å². The summed E-state index contributed by atoms with van der Waals surface area (Å²) in [7, 11) is -5.03. The smallest absolute Gasteiger partial charge is 0.457 e. The first-order valence-corrected chi connectivity index (χ1v) is 22.3. The third-order valence-electron chi connectivity index (χ3n) is 9.06. The lowest BCUT2D eigenvalue weighted by atomic mass is 9.85. The zero-order valence-electron chi connectivity index (χ0n) is 33.9. The summed E-state index contributed by atoms with van der Waals surface area (Å²) < 4.78 is 34.0. The van der Waals surface area contributed by atoms with E-state index < -0.39 is 63.1 Å². The number of phosphoric ester groups is 1. The summed E-state index contributed by atoms with van der Waals surface area (Å²) in [4.78, 5) is 23.0. The zero-order chi connectivity index (χ0) is 41.3. The predicted octanol–water partition coefficient (Wildman–Crippen LogP) is 7.63. The van der Waals surface area contributed by atoms with E-state index in [2.05, 4.69) is 74.6 Å². The molecule has 0 radical (unpaired) electrons. The Labute approximate surface area is 336 Å². The topological polar surface area (TPSA) is 192 Å². The number of allylic oxidation sites excluding steroid dienone is 12. The van der Waals surface area contributed by atoms with Crippen LogP contribution in [0.3, 0.4) is 0 Å². The van der Waals surface area contributed by atoms with Crippen molar-refractivity contribution in [1.82, 2.24) is 0 Å². The molecule has 0 aromatic carbocycles. The van der Waals surface area contributed by atoms with Gasteiger partial charge in [0.15, 0.2) is 0 Å². The average Bonchev–Trinajstić information content (AvgIpc) is 3.18. The van der Waals surface area contributed by atoms with E-state index in [9.17, 15) is 39.8 Å². The van der Waals surface area contributed by atoms with Crippen molar-refractivity contribution in [2.45, 2.75) is 172 Å². The second kappa shape index (κ2) is 33.7. The Kier molecular flexibility index (Phi) is 31.2. The first-order valence-electron chi connectivity index (χ1n) is 20.8. The van der Waals surface area contributed by atoms with Crippen molar-refractivity contribution in [2.75, 3.05) is 19.8 Å². The number of hydrogen-bond acceptors (Lipinski definition) is 11. The highest BCUT2D eigenvalue weighted by Gasteiger charge is 2.51. The molecule has 0 bridgehead atoms. The molecule has 6 atom stereocenters. The molecule has 13 heteroatoms. The van der Waals surface area contributed by atoms with Crippen LogP contribution < -0.4 is 0 Å². The van der Waals surface area contributed by atoms with Crippen molar-refractivity contribution in [3.8, 4) is 0 Å². The minimum atomic E-state index is -5.03. The Bertz CT molecular complexity index is 1200. The van der Waals surface area contributed by atoms with Crippen LogP contribution >= 0.6 is 7.82 Å². The number of phosphoric acid groups is 1. The number of carbonyl (C=O) groups excluding carboxylic acids is 1. The van der Waals surface area contributed by atoms with Crippen molar-refractivity contribution in [2.24, 2.45) is 0 Å². The third-order valence-corrected chi connectivity index (χ3v) is 10.0. The molecule has 0 spiro atoms. The summed E-state index contributed by atoms with van der Waals surface area (Å²) in [5, 5.41) is 50.0. The molecule has 6 unspecified atom stereocenters. The predicted molar refractivity (Wildman–Crippen MR) is 221 cm³/mol. The van der Waals surface area contributed by atoms with Gasteiger partial charge in [0.05, 0.1) is 13.2 Å². The molecular formula is C43H73O12P. The van der Waals surface area contributed by atoms with Crippen LogP contribution in [0, 0.1) is 0 Å². The molecule has 12 nitrogen and oxygen atoms in total. The lowest BCUT2D eigenvalue weighted by Crippen LogP contribution is -2.64. The largest absolute Gasteiger partial charge is 0.472 e. The van der Waals surface area contributed by atoms with E-state index in [1.807, 2.05) is 12.2 Å². The van der Waals surface area contributed by atoms with E-state index >= 15 is 0 Å². The Balaban J connectivity index is 2.50. The summed E-state index contributed by atoms with van der Waals surface area (Å²) in [6.45, 7) is 4.00. The monoisotopic (exact) mass is 812 g/mol. The maximum atomic E-state index is 12.8. The van der Waals surface area contributed by atoms with Crippen LogP contribution in [0.4, 0.5) is 0 Å². The number of aliphatic hydroxyl groups is 5. The second-order valence-electron chi connectivity index (χ2n) is 14.1. The Hall–Kier alpha value is -2.22. The van der Waals surface area contributed by atoms with Crippen LogP contribution in [0.1, 0.15) is 129 Å². The number of unbranched alkanes of at least 4 members (excludes halogenated alkanes) is 9. The Morgan fingerprint density at radius 2 is 1.05 bits per heavy atom. The number of hydrogen-bond donors (Lipinski definition) is 6. The second-order valence-corrected chi connectivity index (χ2v) is 15.5. The molecular weight excluding hydrogens is 739 g/mol. The molecule has 0 amide bonds. The summed E-state index contributed by atoms with van der Waals surface area (Å²) in [5.74, 6) is -0.540. The fraction of sp³-hybridized carbons (Fsp3) is 0.698. The molecule has 1 rings (SSSR count). The summed E-state index contributed by atoms with van der Waals surface area (Å²) in [6, 6.07) is 0. The minimum absolute atomic E-state index is 0.102. The van der Waals surface area contributed by atoms with Gasteiger partial charge in [-0.15, -0.1) is 0 Å². The minimum Gasteiger partial charge on any atom is -0.457 e. The Morgan fingerprint density at radius 3 is 1.62 bits per heavy atom. The molecule has 56 heavy (non-hydrogen) atoms. The fourth-order valence-corrected chi connectivity index (χ4v) is 6.70. The van der Waals surface area contributed by atoms with E-state index in [-0.39, 0.29) is 13.0 Å². The molecule has 1 aliphatic rings. The SMILES string of the molecule is CC/C=C\C/C=C\C/C=C\C/C=C\C/C=C\CCCC(=O)OC(COCCCCCCCC/C=C\CCCC)COP(=O)(O)OC1C(O)C(O)C(O)C(O)C1O. The molecule has 1 aliphatic carbocycles. The van der Waals surface area contributed by atoms with Crippen LogP contribution in [-0.4, -0.2) is 98.9 Å². The molecule has 322 valence electrons. The number of ether oxygens (including phenoxy) is 2. The standard InChI is InChI=1S/C43H73O12P/c1-3-5-7-9-11-13-15-17-18-19-20-21-22-24-26-28-30-32-37(44)54-36(34-52-33-31-29-27-25-23-16-14-12-10-8-6-4-2)35-53-56(50,51)55-43-41(48)39(46)38(45)40(47)42(43)49/h5,7,10-13,17-18,20-21,24,26,36,38-43,45-49H,3-4,6,8-9,14-16,19,22-23,25,27-35H2,1-2H3,(H,50,51)/b7-5-,12-10-,13-11-,18-17-,21-20-,26-24-. The van der Waals surface area contributed by atoms with Gasteiger partial charge in [-0.1, -0.05) is 125 Å². The molecule has 6 N–H and O–H groups in total. The van der Waals surface area contributed by atoms with Crippen LogP contribution in [0.15, 0.2) is 72.9 Å². The zero-order valence-corrected chi connectivity index (χ0v) is 34.8. The highest BCUT2D eigenvalue weighted by atomic mass is 31.2. The number of esters is 1.